The molecule has 0 bridgehead atoms. The fourth-order valence-electron chi connectivity index (χ4n) is 4.58. The molecular weight excluding hydrogens is 388 g/mol. The highest BCUT2D eigenvalue weighted by Gasteiger charge is 2.31. The molecule has 5 nitrogen and oxygen atoms in total. The zero-order valence-electron chi connectivity index (χ0n) is 17.9. The third-order valence-corrected chi connectivity index (χ3v) is 6.41. The summed E-state index contributed by atoms with van der Waals surface area (Å²) in [5.41, 5.74) is 3.54. The highest BCUT2D eigenvalue weighted by molar-refractivity contribution is 5.89. The fraction of sp³-hybridized carbons (Fsp3) is 0.385. The van der Waals surface area contributed by atoms with Gasteiger partial charge >= 0.3 is 0 Å². The van der Waals surface area contributed by atoms with Crippen molar-refractivity contribution >= 4 is 16.7 Å². The lowest BCUT2D eigenvalue weighted by molar-refractivity contribution is -0.142. The Morgan fingerprint density at radius 2 is 1.81 bits per heavy atom. The third-order valence-electron chi connectivity index (χ3n) is 6.41. The van der Waals surface area contributed by atoms with E-state index in [9.17, 15) is 4.79 Å². The van der Waals surface area contributed by atoms with Crippen molar-refractivity contribution in [3.05, 3.63) is 60.4 Å². The SMILES string of the molecule is Cc1cncc2ccc(-c3ccc(OC4CCN(C(=O)C5CCCO5)CC4)cc3)cc12. The molecule has 1 atom stereocenters. The van der Waals surface area contributed by atoms with E-state index in [2.05, 4.69) is 42.2 Å². The van der Waals surface area contributed by atoms with Gasteiger partial charge in [0.2, 0.25) is 0 Å². The smallest absolute Gasteiger partial charge is 0.251 e. The van der Waals surface area contributed by atoms with Crippen molar-refractivity contribution in [3.63, 3.8) is 0 Å². The number of hydrogen-bond acceptors (Lipinski definition) is 4. The van der Waals surface area contributed by atoms with Crippen LogP contribution in [-0.4, -0.2) is 47.7 Å². The van der Waals surface area contributed by atoms with Gasteiger partial charge in [-0.3, -0.25) is 9.78 Å². The van der Waals surface area contributed by atoms with Crippen LogP contribution in [0.2, 0.25) is 0 Å². The molecule has 1 aromatic heterocycles. The van der Waals surface area contributed by atoms with Crippen molar-refractivity contribution in [3.8, 4) is 16.9 Å². The Labute approximate surface area is 183 Å². The molecule has 3 aromatic rings. The number of carbonyl (C=O) groups excluding carboxylic acids is 1. The van der Waals surface area contributed by atoms with Crippen LogP contribution in [0.1, 0.15) is 31.2 Å². The maximum absolute atomic E-state index is 12.5. The molecule has 3 heterocycles. The number of rotatable bonds is 4. The van der Waals surface area contributed by atoms with Gasteiger partial charge in [-0.1, -0.05) is 24.3 Å². The summed E-state index contributed by atoms with van der Waals surface area (Å²) in [6, 6.07) is 14.8. The van der Waals surface area contributed by atoms with E-state index in [0.29, 0.717) is 6.61 Å². The fourth-order valence-corrected chi connectivity index (χ4v) is 4.58. The number of amides is 1. The molecule has 5 rings (SSSR count). The summed E-state index contributed by atoms with van der Waals surface area (Å²) in [7, 11) is 0. The lowest BCUT2D eigenvalue weighted by Crippen LogP contribution is -2.45. The summed E-state index contributed by atoms with van der Waals surface area (Å²) in [5, 5.41) is 2.39. The van der Waals surface area contributed by atoms with E-state index in [0.717, 1.165) is 49.9 Å². The summed E-state index contributed by atoms with van der Waals surface area (Å²) in [4.78, 5) is 18.7. The Hall–Kier alpha value is -2.92. The number of hydrogen-bond donors (Lipinski definition) is 0. The summed E-state index contributed by atoms with van der Waals surface area (Å²) in [6.45, 7) is 4.29. The molecule has 5 heteroatoms. The summed E-state index contributed by atoms with van der Waals surface area (Å²) >= 11 is 0. The minimum absolute atomic E-state index is 0.148. The number of fused-ring (bicyclic) bond motifs is 1. The first-order valence-corrected chi connectivity index (χ1v) is 11.2. The van der Waals surface area contributed by atoms with Gasteiger partial charge in [-0.25, -0.2) is 0 Å². The summed E-state index contributed by atoms with van der Waals surface area (Å²) in [6.07, 6.45) is 7.30. The van der Waals surface area contributed by atoms with E-state index < -0.39 is 0 Å². The Bertz CT molecular complexity index is 1070. The number of aromatic nitrogens is 1. The number of aryl methyl sites for hydroxylation is 1. The maximum Gasteiger partial charge on any atom is 0.251 e. The van der Waals surface area contributed by atoms with Gasteiger partial charge in [0.05, 0.1) is 0 Å². The van der Waals surface area contributed by atoms with E-state index in [1.54, 1.807) is 0 Å². The largest absolute Gasteiger partial charge is 0.490 e. The van der Waals surface area contributed by atoms with Crippen LogP contribution in [0.15, 0.2) is 54.9 Å². The first kappa shape index (κ1) is 20.0. The number of piperidine rings is 1. The molecule has 2 aliphatic rings. The highest BCUT2D eigenvalue weighted by Crippen LogP contribution is 2.28. The van der Waals surface area contributed by atoms with Gasteiger partial charge in [0.1, 0.15) is 18.0 Å². The Morgan fingerprint density at radius 3 is 2.55 bits per heavy atom. The highest BCUT2D eigenvalue weighted by atomic mass is 16.5. The molecule has 0 radical (unpaired) electrons. The molecule has 1 unspecified atom stereocenters. The van der Waals surface area contributed by atoms with Crippen LogP contribution in [0.4, 0.5) is 0 Å². The molecule has 0 N–H and O–H groups in total. The van der Waals surface area contributed by atoms with Crippen LogP contribution < -0.4 is 4.74 Å². The van der Waals surface area contributed by atoms with Crippen molar-refractivity contribution in [2.45, 2.75) is 44.8 Å². The summed E-state index contributed by atoms with van der Waals surface area (Å²) < 4.78 is 11.8. The van der Waals surface area contributed by atoms with Crippen LogP contribution in [0.3, 0.4) is 0 Å². The zero-order chi connectivity index (χ0) is 21.2. The minimum atomic E-state index is -0.222. The molecule has 2 saturated heterocycles. The molecule has 0 spiro atoms. The van der Waals surface area contributed by atoms with Crippen LogP contribution in [0.25, 0.3) is 21.9 Å². The zero-order valence-corrected chi connectivity index (χ0v) is 17.9. The van der Waals surface area contributed by atoms with Crippen LogP contribution in [0.5, 0.6) is 5.75 Å². The quantitative estimate of drug-likeness (QED) is 0.615. The number of pyridine rings is 1. The van der Waals surface area contributed by atoms with Crippen LogP contribution in [0, 0.1) is 6.92 Å². The number of benzene rings is 2. The van der Waals surface area contributed by atoms with E-state index >= 15 is 0 Å². The molecule has 1 amide bonds. The van der Waals surface area contributed by atoms with Gasteiger partial charge < -0.3 is 14.4 Å². The Morgan fingerprint density at radius 1 is 1.03 bits per heavy atom. The Kier molecular flexibility index (Phi) is 5.60. The number of likely N-dealkylation sites (tertiary alicyclic amines) is 1. The van der Waals surface area contributed by atoms with Gasteiger partial charge in [0, 0.05) is 50.3 Å². The first-order valence-electron chi connectivity index (χ1n) is 11.2. The van der Waals surface area contributed by atoms with Crippen LogP contribution in [-0.2, 0) is 9.53 Å². The van der Waals surface area contributed by atoms with Crippen molar-refractivity contribution in [2.24, 2.45) is 0 Å². The van der Waals surface area contributed by atoms with Gasteiger partial charge in [0.25, 0.3) is 5.91 Å². The average molecular weight is 417 g/mol. The van der Waals surface area contributed by atoms with Gasteiger partial charge in [-0.2, -0.15) is 0 Å². The second-order valence-corrected chi connectivity index (χ2v) is 8.56. The van der Waals surface area contributed by atoms with E-state index in [-0.39, 0.29) is 18.1 Å². The second kappa shape index (κ2) is 8.67. The number of nitrogens with zero attached hydrogens (tertiary/aromatic N) is 2. The first-order chi connectivity index (χ1) is 15.2. The van der Waals surface area contributed by atoms with Gasteiger partial charge in [-0.05, 0) is 60.0 Å². The van der Waals surface area contributed by atoms with E-state index in [4.69, 9.17) is 9.47 Å². The predicted octanol–water partition coefficient (Wildman–Crippen LogP) is 4.76. The standard InChI is InChI=1S/C26H28N2O3/c1-18-16-27-17-21-5-4-20(15-24(18)21)19-6-8-22(9-7-19)31-23-10-12-28(13-11-23)26(29)25-3-2-14-30-25/h4-9,15-17,23,25H,2-3,10-14H2,1H3. The van der Waals surface area contributed by atoms with Crippen molar-refractivity contribution in [1.29, 1.82) is 0 Å². The molecule has 2 aliphatic heterocycles. The lowest BCUT2D eigenvalue weighted by Gasteiger charge is -2.33. The van der Waals surface area contributed by atoms with Crippen molar-refractivity contribution in [1.82, 2.24) is 9.88 Å². The monoisotopic (exact) mass is 416 g/mol. The molecular formula is C26H28N2O3. The van der Waals surface area contributed by atoms with E-state index in [1.165, 1.54) is 22.1 Å². The number of ether oxygens (including phenoxy) is 2. The molecule has 2 aromatic carbocycles. The van der Waals surface area contributed by atoms with Crippen LogP contribution >= 0.6 is 0 Å². The Balaban J connectivity index is 1.20. The second-order valence-electron chi connectivity index (χ2n) is 8.56. The number of carbonyl (C=O) groups is 1. The van der Waals surface area contributed by atoms with Gasteiger partial charge in [0.15, 0.2) is 0 Å². The van der Waals surface area contributed by atoms with Gasteiger partial charge in [-0.15, -0.1) is 0 Å². The topological polar surface area (TPSA) is 51.7 Å². The average Bonchev–Trinajstić information content (AvgIpc) is 3.35. The molecule has 0 saturated carbocycles. The van der Waals surface area contributed by atoms with Crippen molar-refractivity contribution < 1.29 is 14.3 Å². The summed E-state index contributed by atoms with van der Waals surface area (Å²) in [5.74, 6) is 1.04. The normalized spacial score (nSPS) is 19.6. The predicted molar refractivity (Wildman–Crippen MR) is 121 cm³/mol. The minimum Gasteiger partial charge on any atom is -0.490 e. The van der Waals surface area contributed by atoms with E-state index in [1.807, 2.05) is 29.4 Å². The molecule has 2 fully saturated rings. The lowest BCUT2D eigenvalue weighted by atomic mass is 10.0. The third kappa shape index (κ3) is 4.28. The van der Waals surface area contributed by atoms with Crippen molar-refractivity contribution in [2.75, 3.05) is 19.7 Å². The molecule has 0 aliphatic carbocycles. The molecule has 160 valence electrons. The molecule has 31 heavy (non-hydrogen) atoms. The maximum atomic E-state index is 12.5.